The van der Waals surface area contributed by atoms with E-state index < -0.39 is 0 Å². The quantitative estimate of drug-likeness (QED) is 0.510. The molecule has 0 aliphatic carbocycles. The summed E-state index contributed by atoms with van der Waals surface area (Å²) >= 11 is 0. The van der Waals surface area contributed by atoms with Gasteiger partial charge in [0.1, 0.15) is 5.75 Å². The van der Waals surface area contributed by atoms with Crippen LogP contribution >= 0.6 is 12.4 Å². The van der Waals surface area contributed by atoms with Crippen molar-refractivity contribution >= 4 is 12.4 Å². The molecular weight excluding hydrogens is 370 g/mol. The standard InChI is InChI=1S/C18H21N5O3.ClH/c24-11-13-25-12-10-19-14-15-6-8-17(9-7-15)26-18-20-21-22-23(18)16-4-2-1-3-5-16;/h1-9,19,24H,10-14H2;1H. The summed E-state index contributed by atoms with van der Waals surface area (Å²) in [4.78, 5) is 0. The predicted molar refractivity (Wildman–Crippen MR) is 103 cm³/mol. The van der Waals surface area contributed by atoms with Gasteiger partial charge in [0.25, 0.3) is 0 Å². The molecule has 0 unspecified atom stereocenters. The summed E-state index contributed by atoms with van der Waals surface area (Å²) in [5.41, 5.74) is 1.96. The zero-order chi connectivity index (χ0) is 18.0. The van der Waals surface area contributed by atoms with Gasteiger partial charge < -0.3 is 19.9 Å². The van der Waals surface area contributed by atoms with E-state index in [9.17, 15) is 0 Å². The van der Waals surface area contributed by atoms with Gasteiger partial charge in [-0.2, -0.15) is 4.68 Å². The summed E-state index contributed by atoms with van der Waals surface area (Å²) in [6, 6.07) is 17.6. The van der Waals surface area contributed by atoms with Gasteiger partial charge in [-0.1, -0.05) is 35.4 Å². The van der Waals surface area contributed by atoms with Crippen molar-refractivity contribution in [2.24, 2.45) is 0 Å². The second-order valence-corrected chi connectivity index (χ2v) is 5.47. The maximum absolute atomic E-state index is 8.63. The second-order valence-electron chi connectivity index (χ2n) is 5.47. The fraction of sp³-hybridized carbons (Fsp3) is 0.278. The zero-order valence-corrected chi connectivity index (χ0v) is 15.5. The van der Waals surface area contributed by atoms with E-state index in [2.05, 4.69) is 20.8 Å². The van der Waals surface area contributed by atoms with E-state index in [0.717, 1.165) is 24.3 Å². The van der Waals surface area contributed by atoms with Gasteiger partial charge in [0.2, 0.25) is 0 Å². The van der Waals surface area contributed by atoms with Crippen LogP contribution in [0.15, 0.2) is 54.6 Å². The molecule has 0 fully saturated rings. The lowest BCUT2D eigenvalue weighted by molar-refractivity contribution is 0.0938. The van der Waals surface area contributed by atoms with Crippen LogP contribution in [0.5, 0.6) is 11.8 Å². The van der Waals surface area contributed by atoms with Crippen LogP contribution in [0.3, 0.4) is 0 Å². The number of benzene rings is 2. The highest BCUT2D eigenvalue weighted by atomic mass is 35.5. The van der Waals surface area contributed by atoms with Crippen LogP contribution in [0, 0.1) is 0 Å². The zero-order valence-electron chi connectivity index (χ0n) is 14.7. The summed E-state index contributed by atoms with van der Waals surface area (Å²) in [6.07, 6.45) is 0. The number of hydrogen-bond acceptors (Lipinski definition) is 7. The van der Waals surface area contributed by atoms with Crippen molar-refractivity contribution in [3.05, 3.63) is 60.2 Å². The molecule has 1 aromatic heterocycles. The van der Waals surface area contributed by atoms with Crippen LogP contribution in [-0.2, 0) is 11.3 Å². The number of hydrogen-bond donors (Lipinski definition) is 2. The minimum Gasteiger partial charge on any atom is -0.423 e. The minimum absolute atomic E-state index is 0. The Kier molecular flexibility index (Phi) is 8.66. The van der Waals surface area contributed by atoms with Gasteiger partial charge in [0.15, 0.2) is 0 Å². The molecular formula is C18H22ClN5O3. The third-order valence-electron chi connectivity index (χ3n) is 3.56. The van der Waals surface area contributed by atoms with E-state index in [4.69, 9.17) is 14.6 Å². The van der Waals surface area contributed by atoms with Crippen LogP contribution in [0.1, 0.15) is 5.56 Å². The largest absolute Gasteiger partial charge is 0.423 e. The maximum atomic E-state index is 8.63. The number of nitrogens with zero attached hydrogens (tertiary/aromatic N) is 4. The third kappa shape index (κ3) is 6.30. The molecule has 27 heavy (non-hydrogen) atoms. The molecule has 0 saturated heterocycles. The number of para-hydroxylation sites is 1. The van der Waals surface area contributed by atoms with Gasteiger partial charge in [-0.05, 0) is 40.3 Å². The van der Waals surface area contributed by atoms with Gasteiger partial charge in [0, 0.05) is 13.1 Å². The third-order valence-corrected chi connectivity index (χ3v) is 3.56. The molecule has 3 aromatic rings. The Morgan fingerprint density at radius 1 is 1.00 bits per heavy atom. The highest BCUT2D eigenvalue weighted by Crippen LogP contribution is 2.21. The molecule has 1 heterocycles. The van der Waals surface area contributed by atoms with Gasteiger partial charge in [0.05, 0.1) is 25.5 Å². The van der Waals surface area contributed by atoms with E-state index >= 15 is 0 Å². The fourth-order valence-electron chi connectivity index (χ4n) is 2.30. The maximum Gasteiger partial charge on any atom is 0.345 e. The Morgan fingerprint density at radius 2 is 1.78 bits per heavy atom. The van der Waals surface area contributed by atoms with Crippen molar-refractivity contribution in [3.63, 3.8) is 0 Å². The Morgan fingerprint density at radius 3 is 2.52 bits per heavy atom. The van der Waals surface area contributed by atoms with Crippen LogP contribution in [0.2, 0.25) is 0 Å². The molecule has 0 amide bonds. The molecule has 0 aliphatic heterocycles. The Bertz CT molecular complexity index is 783. The van der Waals surface area contributed by atoms with Gasteiger partial charge in [-0.3, -0.25) is 0 Å². The summed E-state index contributed by atoms with van der Waals surface area (Å²) in [5.74, 6) is 0.659. The lowest BCUT2D eigenvalue weighted by atomic mass is 10.2. The highest BCUT2D eigenvalue weighted by Gasteiger charge is 2.10. The molecule has 144 valence electrons. The smallest absolute Gasteiger partial charge is 0.345 e. The molecule has 0 spiro atoms. The van der Waals surface area contributed by atoms with Crippen molar-refractivity contribution in [3.8, 4) is 17.4 Å². The van der Waals surface area contributed by atoms with Crippen molar-refractivity contribution in [1.29, 1.82) is 0 Å². The number of rotatable bonds is 10. The highest BCUT2D eigenvalue weighted by molar-refractivity contribution is 5.85. The SMILES string of the molecule is Cl.OCCOCCNCc1ccc(Oc2nnnn2-c2ccccc2)cc1. The van der Waals surface area contributed by atoms with Crippen molar-refractivity contribution in [1.82, 2.24) is 25.5 Å². The average Bonchev–Trinajstić information content (AvgIpc) is 3.15. The summed E-state index contributed by atoms with van der Waals surface area (Å²) in [7, 11) is 0. The van der Waals surface area contributed by atoms with Crippen LogP contribution in [0.4, 0.5) is 0 Å². The Labute approximate surface area is 163 Å². The first-order valence-corrected chi connectivity index (χ1v) is 8.37. The normalized spacial score (nSPS) is 10.4. The molecule has 9 heteroatoms. The van der Waals surface area contributed by atoms with Gasteiger partial charge in [-0.15, -0.1) is 12.4 Å². The van der Waals surface area contributed by atoms with Crippen LogP contribution in [0.25, 0.3) is 5.69 Å². The molecule has 3 rings (SSSR count). The van der Waals surface area contributed by atoms with E-state index in [1.165, 1.54) is 0 Å². The molecule has 0 bridgehead atoms. The van der Waals surface area contributed by atoms with E-state index in [0.29, 0.717) is 25.0 Å². The first-order chi connectivity index (χ1) is 12.9. The number of aromatic nitrogens is 4. The summed E-state index contributed by atoms with van der Waals surface area (Å²) in [5, 5.41) is 23.5. The number of aliphatic hydroxyl groups excluding tert-OH is 1. The molecule has 0 radical (unpaired) electrons. The Hall–Kier alpha value is -2.52. The second kappa shape index (κ2) is 11.2. The summed E-state index contributed by atoms with van der Waals surface area (Å²) < 4.78 is 12.5. The summed E-state index contributed by atoms with van der Waals surface area (Å²) in [6.45, 7) is 2.45. The number of tetrazole rings is 1. The van der Waals surface area contributed by atoms with Crippen LogP contribution < -0.4 is 10.1 Å². The average molecular weight is 392 g/mol. The fourth-order valence-corrected chi connectivity index (χ4v) is 2.30. The molecule has 2 aromatic carbocycles. The van der Waals surface area contributed by atoms with E-state index in [1.54, 1.807) is 4.68 Å². The monoisotopic (exact) mass is 391 g/mol. The Balaban J connectivity index is 0.00000261. The lowest BCUT2D eigenvalue weighted by Crippen LogP contribution is -2.19. The first-order valence-electron chi connectivity index (χ1n) is 8.37. The minimum atomic E-state index is 0. The molecule has 0 saturated carbocycles. The van der Waals surface area contributed by atoms with Crippen molar-refractivity contribution < 1.29 is 14.6 Å². The van der Waals surface area contributed by atoms with E-state index in [1.807, 2.05) is 54.6 Å². The molecule has 0 aliphatic rings. The van der Waals surface area contributed by atoms with Gasteiger partial charge >= 0.3 is 6.01 Å². The molecule has 8 nitrogen and oxygen atoms in total. The number of ether oxygens (including phenoxy) is 2. The van der Waals surface area contributed by atoms with Gasteiger partial charge in [-0.25, -0.2) is 0 Å². The molecule has 2 N–H and O–H groups in total. The lowest BCUT2D eigenvalue weighted by Gasteiger charge is -2.08. The predicted octanol–water partition coefficient (Wildman–Crippen LogP) is 1.97. The number of aliphatic hydroxyl groups is 1. The van der Waals surface area contributed by atoms with Crippen LogP contribution in [-0.4, -0.2) is 51.7 Å². The topological polar surface area (TPSA) is 94.3 Å². The van der Waals surface area contributed by atoms with Crippen molar-refractivity contribution in [2.45, 2.75) is 6.54 Å². The number of halogens is 1. The first kappa shape index (κ1) is 20.8. The van der Waals surface area contributed by atoms with Crippen molar-refractivity contribution in [2.75, 3.05) is 26.4 Å². The molecule has 0 atom stereocenters. The van der Waals surface area contributed by atoms with E-state index in [-0.39, 0.29) is 19.0 Å². The number of nitrogens with one attached hydrogen (secondary N) is 1.